The number of nitrogens with two attached hydrogens (primary N) is 2. The van der Waals surface area contributed by atoms with Gasteiger partial charge in [-0.2, -0.15) is 5.26 Å². The Bertz CT molecular complexity index is 1340. The summed E-state index contributed by atoms with van der Waals surface area (Å²) in [5, 5.41) is 13.9. The quantitative estimate of drug-likeness (QED) is 0.247. The first-order valence-electron chi connectivity index (χ1n) is 12.8. The molecule has 39 heavy (non-hydrogen) atoms. The zero-order chi connectivity index (χ0) is 28.5. The van der Waals surface area contributed by atoms with Gasteiger partial charge in [-0.1, -0.05) is 5.16 Å². The third-order valence-corrected chi connectivity index (χ3v) is 7.95. The first-order valence-corrected chi connectivity index (χ1v) is 13.6. The van der Waals surface area contributed by atoms with Crippen molar-refractivity contribution in [2.45, 2.75) is 70.9 Å². The Labute approximate surface area is 231 Å². The van der Waals surface area contributed by atoms with Crippen molar-refractivity contribution in [2.24, 2.45) is 10.9 Å². The van der Waals surface area contributed by atoms with Crippen molar-refractivity contribution in [3.05, 3.63) is 34.0 Å². The molecular weight excluding hydrogens is 520 g/mol. The van der Waals surface area contributed by atoms with Crippen LogP contribution in [0.2, 0.25) is 0 Å². The van der Waals surface area contributed by atoms with E-state index in [0.717, 1.165) is 17.7 Å². The number of hydrogen-bond acceptors (Lipinski definition) is 11. The molecule has 12 nitrogen and oxygen atoms in total. The van der Waals surface area contributed by atoms with Crippen LogP contribution in [0.15, 0.2) is 17.4 Å². The summed E-state index contributed by atoms with van der Waals surface area (Å²) in [4.78, 5) is 44.4. The second kappa shape index (κ2) is 10.7. The number of oxime groups is 1. The number of carbonyl (C=O) groups is 2. The number of nitrogen functional groups attached to an aromatic ring is 1. The molecule has 2 aromatic rings. The Morgan fingerprint density at radius 1 is 1.33 bits per heavy atom. The van der Waals surface area contributed by atoms with Crippen LogP contribution < -0.4 is 16.4 Å². The highest BCUT2D eigenvalue weighted by atomic mass is 32.1. The molecule has 1 fully saturated rings. The fraction of sp³-hybridized carbons (Fsp3) is 0.538. The highest BCUT2D eigenvalue weighted by molar-refractivity contribution is 7.16. The summed E-state index contributed by atoms with van der Waals surface area (Å²) in [7, 11) is 0. The van der Waals surface area contributed by atoms with Crippen LogP contribution in [0.3, 0.4) is 0 Å². The predicted molar refractivity (Wildman–Crippen MR) is 147 cm³/mol. The van der Waals surface area contributed by atoms with Gasteiger partial charge in [-0.3, -0.25) is 0 Å². The third-order valence-electron chi connectivity index (χ3n) is 6.87. The van der Waals surface area contributed by atoms with Crippen molar-refractivity contribution in [3.8, 4) is 6.07 Å². The molecule has 1 amide bonds. The van der Waals surface area contributed by atoms with Gasteiger partial charge in [0, 0.05) is 42.3 Å². The van der Waals surface area contributed by atoms with Crippen molar-refractivity contribution < 1.29 is 19.2 Å². The van der Waals surface area contributed by atoms with Crippen molar-refractivity contribution in [1.82, 2.24) is 14.9 Å². The molecule has 208 valence electrons. The van der Waals surface area contributed by atoms with Crippen LogP contribution in [-0.2, 0) is 26.2 Å². The number of aromatic nitrogens is 2. The van der Waals surface area contributed by atoms with E-state index in [1.54, 1.807) is 24.1 Å². The monoisotopic (exact) mass is 554 g/mol. The van der Waals surface area contributed by atoms with Gasteiger partial charge >= 0.3 is 12.1 Å². The van der Waals surface area contributed by atoms with Crippen LogP contribution in [0.4, 0.5) is 15.7 Å². The minimum atomic E-state index is -1.06. The van der Waals surface area contributed by atoms with Gasteiger partial charge in [-0.15, -0.1) is 11.3 Å². The van der Waals surface area contributed by atoms with Crippen molar-refractivity contribution in [2.75, 3.05) is 30.3 Å². The smallest absolute Gasteiger partial charge is 0.410 e. The Kier molecular flexibility index (Phi) is 7.70. The predicted octanol–water partition coefficient (Wildman–Crippen LogP) is 2.90. The number of carbonyl (C=O) groups excluding carboxylic acids is 2. The topological polar surface area (TPSA) is 173 Å². The standard InChI is InChI=1S/C26H34N8O4S/c1-15-14-33(24(36)37-25(2,3)4)11-12-34(15)23-30-10-8-17(31-23)20(28)32-38-22(35)26(5)9-6-7-18-19(26)16(13-27)21(29)39-18/h8,10,15H,6-7,9,11-12,14,29H2,1-5H3,(H2,28,32)/t15-,26-/m0/s1. The first-order chi connectivity index (χ1) is 18.3. The lowest BCUT2D eigenvalue weighted by molar-refractivity contribution is -0.150. The lowest BCUT2D eigenvalue weighted by Crippen LogP contribution is -2.55. The molecular formula is C26H34N8O4S. The molecule has 0 bridgehead atoms. The van der Waals surface area contributed by atoms with Gasteiger partial charge in [0.25, 0.3) is 0 Å². The van der Waals surface area contributed by atoms with Gasteiger partial charge in [0.1, 0.15) is 22.4 Å². The number of fused-ring (bicyclic) bond motifs is 1. The molecule has 0 unspecified atom stereocenters. The fourth-order valence-electron chi connectivity index (χ4n) is 4.91. The van der Waals surface area contributed by atoms with E-state index in [-0.39, 0.29) is 18.0 Å². The van der Waals surface area contributed by atoms with Gasteiger partial charge < -0.3 is 30.8 Å². The summed E-state index contributed by atoms with van der Waals surface area (Å²) >= 11 is 1.34. The van der Waals surface area contributed by atoms with Gasteiger partial charge in [0.15, 0.2) is 5.84 Å². The van der Waals surface area contributed by atoms with Gasteiger partial charge in [0.05, 0.1) is 11.0 Å². The van der Waals surface area contributed by atoms with Crippen LogP contribution in [0, 0.1) is 11.3 Å². The van der Waals surface area contributed by atoms with Crippen LogP contribution in [0.5, 0.6) is 0 Å². The number of anilines is 2. The van der Waals surface area contributed by atoms with E-state index in [0.29, 0.717) is 53.8 Å². The summed E-state index contributed by atoms with van der Waals surface area (Å²) in [6.07, 6.45) is 3.22. The Hall–Kier alpha value is -3.92. The van der Waals surface area contributed by atoms with Crippen LogP contribution in [0.1, 0.15) is 69.2 Å². The van der Waals surface area contributed by atoms with Crippen LogP contribution in [-0.4, -0.2) is 64.0 Å². The molecule has 0 saturated carbocycles. The van der Waals surface area contributed by atoms with Crippen molar-refractivity contribution >= 4 is 40.2 Å². The molecule has 1 aliphatic heterocycles. The van der Waals surface area contributed by atoms with E-state index in [9.17, 15) is 14.9 Å². The summed E-state index contributed by atoms with van der Waals surface area (Å²) in [5.41, 5.74) is 11.8. The molecule has 1 aliphatic carbocycles. The molecule has 3 heterocycles. The Morgan fingerprint density at radius 3 is 2.74 bits per heavy atom. The van der Waals surface area contributed by atoms with Gasteiger partial charge in [0.2, 0.25) is 5.95 Å². The maximum Gasteiger partial charge on any atom is 0.410 e. The number of thiophene rings is 1. The number of nitrogens with zero attached hydrogens (tertiary/aromatic N) is 6. The summed E-state index contributed by atoms with van der Waals surface area (Å²) in [6.45, 7) is 10.6. The van der Waals surface area contributed by atoms with E-state index >= 15 is 0 Å². The second-order valence-corrected chi connectivity index (χ2v) is 12.1. The summed E-state index contributed by atoms with van der Waals surface area (Å²) in [5.74, 6) is -0.275. The van der Waals surface area contributed by atoms with Gasteiger partial charge in [-0.25, -0.2) is 19.6 Å². The molecule has 2 atom stereocenters. The van der Waals surface area contributed by atoms with E-state index in [1.807, 2.05) is 32.6 Å². The van der Waals surface area contributed by atoms with E-state index in [2.05, 4.69) is 21.2 Å². The largest absolute Gasteiger partial charge is 0.444 e. The lowest BCUT2D eigenvalue weighted by atomic mass is 9.72. The average molecular weight is 555 g/mol. The highest BCUT2D eigenvalue weighted by Gasteiger charge is 2.45. The zero-order valence-electron chi connectivity index (χ0n) is 22.9. The van der Waals surface area contributed by atoms with Crippen molar-refractivity contribution in [3.63, 3.8) is 0 Å². The Morgan fingerprint density at radius 2 is 2.08 bits per heavy atom. The molecule has 2 aromatic heterocycles. The second-order valence-electron chi connectivity index (χ2n) is 11.0. The highest BCUT2D eigenvalue weighted by Crippen LogP contribution is 2.46. The normalized spacial score (nSPS) is 21.6. The molecule has 0 aromatic carbocycles. The van der Waals surface area contributed by atoms with Crippen molar-refractivity contribution in [1.29, 1.82) is 5.26 Å². The maximum absolute atomic E-state index is 13.2. The SMILES string of the molecule is C[C@H]1CN(C(=O)OC(C)(C)C)CCN1c1nccc(/C(N)=N/OC(=O)[C@@]2(C)CCCc3sc(N)c(C#N)c32)n1. The summed E-state index contributed by atoms with van der Waals surface area (Å²) in [6, 6.07) is 3.63. The molecule has 13 heteroatoms. The molecule has 4 rings (SSSR count). The third kappa shape index (κ3) is 5.75. The number of piperazine rings is 1. The van der Waals surface area contributed by atoms with E-state index < -0.39 is 17.0 Å². The minimum absolute atomic E-state index is 0.0784. The van der Waals surface area contributed by atoms with Crippen LogP contribution >= 0.6 is 11.3 Å². The van der Waals surface area contributed by atoms with E-state index in [1.165, 1.54) is 11.3 Å². The molecule has 1 saturated heterocycles. The first kappa shape index (κ1) is 28.1. The number of ether oxygens (including phenoxy) is 1. The average Bonchev–Trinajstić information content (AvgIpc) is 3.22. The minimum Gasteiger partial charge on any atom is -0.444 e. The fourth-order valence-corrected chi connectivity index (χ4v) is 6.11. The number of nitriles is 1. The van der Waals surface area contributed by atoms with Crippen LogP contribution in [0.25, 0.3) is 0 Å². The van der Waals surface area contributed by atoms with Gasteiger partial charge in [-0.05, 0) is 59.9 Å². The zero-order valence-corrected chi connectivity index (χ0v) is 23.7. The molecule has 4 N–H and O–H groups in total. The summed E-state index contributed by atoms with van der Waals surface area (Å²) < 4.78 is 5.49. The number of amides is 1. The molecule has 0 radical (unpaired) electrons. The Balaban J connectivity index is 1.46. The molecule has 0 spiro atoms. The lowest BCUT2D eigenvalue weighted by Gasteiger charge is -2.40. The number of hydrogen-bond donors (Lipinski definition) is 2. The molecule has 2 aliphatic rings. The van der Waals surface area contributed by atoms with E-state index in [4.69, 9.17) is 21.0 Å². The number of aryl methyl sites for hydroxylation is 1. The number of amidine groups is 1. The number of rotatable bonds is 4. The maximum atomic E-state index is 13.2.